The number of carbonyl (C=O) groups is 1. The van der Waals surface area contributed by atoms with Gasteiger partial charge in [-0.05, 0) is 31.2 Å². The van der Waals surface area contributed by atoms with Crippen LogP contribution in [0.5, 0.6) is 5.75 Å². The summed E-state index contributed by atoms with van der Waals surface area (Å²) in [5, 5.41) is 5.19. The Morgan fingerprint density at radius 3 is 2.47 bits per heavy atom. The fourth-order valence-corrected chi connectivity index (χ4v) is 0.969. The number of carbonyl (C=O) groups excluding carboxylic acids is 1. The van der Waals surface area contributed by atoms with Gasteiger partial charge in [-0.15, -0.1) is 4.91 Å². The smallest absolute Gasteiger partial charge is 0.252 e. The number of rotatable bonds is 4. The minimum atomic E-state index is -0.882. The zero-order chi connectivity index (χ0) is 11.3. The van der Waals surface area contributed by atoms with Gasteiger partial charge in [-0.3, -0.25) is 4.79 Å². The maximum Gasteiger partial charge on any atom is 0.252 e. The van der Waals surface area contributed by atoms with E-state index in [1.807, 2.05) is 0 Å². The molecule has 15 heavy (non-hydrogen) atoms. The highest BCUT2D eigenvalue weighted by molar-refractivity contribution is 5.94. The van der Waals surface area contributed by atoms with Gasteiger partial charge in [-0.2, -0.15) is 0 Å². The van der Waals surface area contributed by atoms with Crippen molar-refractivity contribution in [3.8, 4) is 5.75 Å². The van der Waals surface area contributed by atoms with Crippen LogP contribution in [0.2, 0.25) is 0 Å². The Morgan fingerprint density at radius 1 is 1.40 bits per heavy atom. The van der Waals surface area contributed by atoms with Crippen molar-refractivity contribution in [1.82, 2.24) is 0 Å². The van der Waals surface area contributed by atoms with E-state index in [9.17, 15) is 9.70 Å². The second-order valence-corrected chi connectivity index (χ2v) is 3.00. The Bertz CT molecular complexity index is 348. The monoisotopic (exact) mass is 208 g/mol. The standard InChI is InChI=1S/C10H12N2O3/c1-7(12-14)10(13)11-8-3-5-9(15-2)6-4-8/h3-7H,1-2H3,(H,11,13). The molecule has 0 heterocycles. The lowest BCUT2D eigenvalue weighted by Gasteiger charge is -2.06. The van der Waals surface area contributed by atoms with Gasteiger partial charge in [-0.1, -0.05) is 5.18 Å². The number of amides is 1. The van der Waals surface area contributed by atoms with Crippen molar-refractivity contribution in [1.29, 1.82) is 0 Å². The molecule has 0 aromatic heterocycles. The van der Waals surface area contributed by atoms with Crippen molar-refractivity contribution in [2.75, 3.05) is 12.4 Å². The first-order valence-corrected chi connectivity index (χ1v) is 4.44. The Balaban J connectivity index is 2.65. The third-order valence-corrected chi connectivity index (χ3v) is 1.90. The average molecular weight is 208 g/mol. The first kappa shape index (κ1) is 11.2. The summed E-state index contributed by atoms with van der Waals surface area (Å²) in [5.41, 5.74) is 0.608. The number of hydrogen-bond donors (Lipinski definition) is 1. The molecule has 80 valence electrons. The number of hydrogen-bond acceptors (Lipinski definition) is 4. The lowest BCUT2D eigenvalue weighted by molar-refractivity contribution is -0.117. The highest BCUT2D eigenvalue weighted by Crippen LogP contribution is 2.15. The SMILES string of the molecule is COc1ccc(NC(=O)C(C)N=O)cc1. The summed E-state index contributed by atoms with van der Waals surface area (Å²) in [6, 6.07) is 5.93. The lowest BCUT2D eigenvalue weighted by Crippen LogP contribution is -2.22. The van der Waals surface area contributed by atoms with Crippen molar-refractivity contribution in [3.63, 3.8) is 0 Å². The van der Waals surface area contributed by atoms with Gasteiger partial charge in [0.1, 0.15) is 5.75 Å². The summed E-state index contributed by atoms with van der Waals surface area (Å²) in [4.78, 5) is 21.4. The molecule has 0 fully saturated rings. The molecule has 0 aliphatic heterocycles. The van der Waals surface area contributed by atoms with Crippen LogP contribution in [0, 0.1) is 4.91 Å². The van der Waals surface area contributed by atoms with E-state index in [0.29, 0.717) is 11.4 Å². The molecule has 1 atom stereocenters. The highest BCUT2D eigenvalue weighted by Gasteiger charge is 2.12. The van der Waals surface area contributed by atoms with Crippen LogP contribution in [0.25, 0.3) is 0 Å². The normalized spacial score (nSPS) is 11.6. The van der Waals surface area contributed by atoms with Crippen molar-refractivity contribution in [3.05, 3.63) is 29.2 Å². The molecule has 0 saturated carbocycles. The quantitative estimate of drug-likeness (QED) is 0.767. The maximum atomic E-state index is 11.3. The van der Waals surface area contributed by atoms with E-state index in [1.165, 1.54) is 6.92 Å². The molecule has 0 aliphatic carbocycles. The molecule has 1 N–H and O–H groups in total. The van der Waals surface area contributed by atoms with Crippen LogP contribution >= 0.6 is 0 Å². The van der Waals surface area contributed by atoms with E-state index in [0.717, 1.165) is 0 Å². The van der Waals surface area contributed by atoms with Gasteiger partial charge in [-0.25, -0.2) is 0 Å². The number of nitroso groups, excluding NO2 is 1. The lowest BCUT2D eigenvalue weighted by atomic mass is 10.2. The number of anilines is 1. The van der Waals surface area contributed by atoms with Crippen LogP contribution in [0.3, 0.4) is 0 Å². The summed E-state index contributed by atoms with van der Waals surface area (Å²) < 4.78 is 4.96. The van der Waals surface area contributed by atoms with Gasteiger partial charge in [0.2, 0.25) is 0 Å². The Morgan fingerprint density at radius 2 is 2.00 bits per heavy atom. The molecule has 0 bridgehead atoms. The van der Waals surface area contributed by atoms with E-state index in [-0.39, 0.29) is 0 Å². The van der Waals surface area contributed by atoms with Crippen LogP contribution in [-0.4, -0.2) is 19.1 Å². The predicted molar refractivity (Wildman–Crippen MR) is 56.9 cm³/mol. The molecule has 1 unspecified atom stereocenters. The minimum Gasteiger partial charge on any atom is -0.497 e. The van der Waals surface area contributed by atoms with Crippen LogP contribution < -0.4 is 10.1 Å². The first-order chi connectivity index (χ1) is 7.17. The van der Waals surface area contributed by atoms with E-state index < -0.39 is 11.9 Å². The van der Waals surface area contributed by atoms with Crippen molar-refractivity contribution in [2.24, 2.45) is 5.18 Å². The van der Waals surface area contributed by atoms with Gasteiger partial charge in [0.25, 0.3) is 5.91 Å². The average Bonchev–Trinajstić information content (AvgIpc) is 2.29. The molecule has 0 radical (unpaired) electrons. The zero-order valence-electron chi connectivity index (χ0n) is 8.56. The Kier molecular flexibility index (Phi) is 3.79. The van der Waals surface area contributed by atoms with Gasteiger partial charge < -0.3 is 10.1 Å². The summed E-state index contributed by atoms with van der Waals surface area (Å²) in [7, 11) is 1.56. The van der Waals surface area contributed by atoms with Crippen LogP contribution in [0.15, 0.2) is 29.4 Å². The number of nitrogens with zero attached hydrogens (tertiary/aromatic N) is 1. The van der Waals surface area contributed by atoms with E-state index in [2.05, 4.69) is 10.5 Å². The minimum absolute atomic E-state index is 0.421. The highest BCUT2D eigenvalue weighted by atomic mass is 16.5. The fourth-order valence-electron chi connectivity index (χ4n) is 0.969. The molecule has 1 amide bonds. The Labute approximate surface area is 87.4 Å². The summed E-state index contributed by atoms with van der Waals surface area (Å²) in [5.74, 6) is 0.282. The van der Waals surface area contributed by atoms with Crippen molar-refractivity contribution >= 4 is 11.6 Å². The third kappa shape index (κ3) is 3.05. The molecular weight excluding hydrogens is 196 g/mol. The maximum absolute atomic E-state index is 11.3. The van der Waals surface area contributed by atoms with Crippen molar-refractivity contribution in [2.45, 2.75) is 13.0 Å². The largest absolute Gasteiger partial charge is 0.497 e. The van der Waals surface area contributed by atoms with Crippen LogP contribution in [0.4, 0.5) is 5.69 Å². The summed E-state index contributed by atoms with van der Waals surface area (Å²) in [6.45, 7) is 1.44. The molecule has 1 aromatic rings. The number of ether oxygens (including phenoxy) is 1. The summed E-state index contributed by atoms with van der Waals surface area (Å²) in [6.07, 6.45) is 0. The number of nitrogens with one attached hydrogen (secondary N) is 1. The molecule has 1 aromatic carbocycles. The topological polar surface area (TPSA) is 67.8 Å². The van der Waals surface area contributed by atoms with Crippen LogP contribution in [-0.2, 0) is 4.79 Å². The first-order valence-electron chi connectivity index (χ1n) is 4.44. The molecule has 1 rings (SSSR count). The number of methoxy groups -OCH3 is 1. The second kappa shape index (κ2) is 5.09. The van der Waals surface area contributed by atoms with Crippen molar-refractivity contribution < 1.29 is 9.53 Å². The molecule has 0 aliphatic rings. The van der Waals surface area contributed by atoms with Crippen LogP contribution in [0.1, 0.15) is 6.92 Å². The van der Waals surface area contributed by atoms with Gasteiger partial charge in [0, 0.05) is 5.69 Å². The molecule has 5 nitrogen and oxygen atoms in total. The van der Waals surface area contributed by atoms with E-state index in [1.54, 1.807) is 31.4 Å². The molecule has 0 spiro atoms. The third-order valence-electron chi connectivity index (χ3n) is 1.90. The van der Waals surface area contributed by atoms with Gasteiger partial charge >= 0.3 is 0 Å². The molecule has 0 saturated heterocycles. The zero-order valence-corrected chi connectivity index (χ0v) is 8.56. The summed E-state index contributed by atoms with van der Waals surface area (Å²) >= 11 is 0. The predicted octanol–water partition coefficient (Wildman–Crippen LogP) is 1.79. The molecule has 5 heteroatoms. The van der Waals surface area contributed by atoms with Gasteiger partial charge in [0.05, 0.1) is 7.11 Å². The number of benzene rings is 1. The fraction of sp³-hybridized carbons (Fsp3) is 0.300. The Hall–Kier alpha value is -1.91. The molecular formula is C10H12N2O3. The van der Waals surface area contributed by atoms with E-state index in [4.69, 9.17) is 4.74 Å². The van der Waals surface area contributed by atoms with E-state index >= 15 is 0 Å². The van der Waals surface area contributed by atoms with Gasteiger partial charge in [0.15, 0.2) is 6.04 Å². The second-order valence-electron chi connectivity index (χ2n) is 3.00.